The molecule has 1 aliphatic heterocycles. The van der Waals surface area contributed by atoms with E-state index < -0.39 is 0 Å². The Balaban J connectivity index is 1.51. The van der Waals surface area contributed by atoms with Crippen LogP contribution in [0, 0.1) is 0 Å². The normalized spacial score (nSPS) is 15.8. The zero-order valence-corrected chi connectivity index (χ0v) is 24.4. The molecule has 208 valence electrons. The number of allylic oxidation sites excluding steroid dienone is 6. The minimum absolute atomic E-state index is 0.450. The van der Waals surface area contributed by atoms with Crippen molar-refractivity contribution in [3.8, 4) is 23.0 Å². The maximum atomic E-state index is 7.11. The topological polar surface area (TPSA) is 85.3 Å². The Kier molecular flexibility index (Phi) is 9.11. The van der Waals surface area contributed by atoms with E-state index in [1.54, 1.807) is 26.6 Å². The minimum atomic E-state index is 0.450. The van der Waals surface area contributed by atoms with Crippen LogP contribution in [0.4, 0.5) is 0 Å². The standard InChI is InChI=1S/C30H32Cl2N6O2/c1-33-15-25-29(39-2)36-23(16-34-25)22-12-8-11-20(28(22)32)19-9-4-5-10-21(27(19)31)24-17-35-26(30(37-24)40-3)18-38-13-6-7-14-38/h4-5,8-9,11-12,16-17,33H,6-7,10,13-15,18H2,1-3H3. The molecule has 5 rings (SSSR count). The van der Waals surface area contributed by atoms with Crippen molar-refractivity contribution in [2.24, 2.45) is 0 Å². The number of aromatic nitrogens is 4. The Morgan fingerprint density at radius 3 is 2.35 bits per heavy atom. The molecule has 1 N–H and O–H groups in total. The van der Waals surface area contributed by atoms with Crippen LogP contribution < -0.4 is 14.8 Å². The first-order valence-electron chi connectivity index (χ1n) is 13.3. The lowest BCUT2D eigenvalue weighted by atomic mass is 9.98. The molecule has 8 nitrogen and oxygen atoms in total. The van der Waals surface area contributed by atoms with Crippen LogP contribution in [0.3, 0.4) is 0 Å². The van der Waals surface area contributed by atoms with Crippen LogP contribution >= 0.6 is 23.2 Å². The molecular weight excluding hydrogens is 547 g/mol. The van der Waals surface area contributed by atoms with Gasteiger partial charge in [0.05, 0.1) is 48.1 Å². The van der Waals surface area contributed by atoms with Gasteiger partial charge in [-0.1, -0.05) is 59.6 Å². The van der Waals surface area contributed by atoms with Gasteiger partial charge in [0, 0.05) is 35.4 Å². The van der Waals surface area contributed by atoms with Gasteiger partial charge in [-0.2, -0.15) is 0 Å². The lowest BCUT2D eigenvalue weighted by Gasteiger charge is -2.17. The molecule has 2 aliphatic rings. The van der Waals surface area contributed by atoms with E-state index in [0.717, 1.165) is 53.3 Å². The fourth-order valence-corrected chi connectivity index (χ4v) is 5.65. The summed E-state index contributed by atoms with van der Waals surface area (Å²) in [6.45, 7) is 3.40. The van der Waals surface area contributed by atoms with Gasteiger partial charge in [-0.25, -0.2) is 9.97 Å². The van der Waals surface area contributed by atoms with Gasteiger partial charge in [0.1, 0.15) is 11.4 Å². The molecule has 0 bridgehead atoms. The van der Waals surface area contributed by atoms with Crippen LogP contribution in [-0.2, 0) is 13.1 Å². The van der Waals surface area contributed by atoms with Crippen LogP contribution in [0.2, 0.25) is 5.02 Å². The second-order valence-electron chi connectivity index (χ2n) is 9.61. The van der Waals surface area contributed by atoms with Crippen LogP contribution in [0.1, 0.15) is 41.9 Å². The van der Waals surface area contributed by atoms with Crippen molar-refractivity contribution in [3.63, 3.8) is 0 Å². The van der Waals surface area contributed by atoms with Gasteiger partial charge in [-0.05, 0) is 39.4 Å². The first kappa shape index (κ1) is 28.2. The number of ether oxygens (including phenoxy) is 2. The molecular formula is C30H32Cl2N6O2. The second kappa shape index (κ2) is 12.9. The van der Waals surface area contributed by atoms with E-state index in [1.165, 1.54) is 12.8 Å². The van der Waals surface area contributed by atoms with Crippen molar-refractivity contribution in [1.82, 2.24) is 30.2 Å². The van der Waals surface area contributed by atoms with Crippen molar-refractivity contribution >= 4 is 34.3 Å². The number of methoxy groups -OCH3 is 2. The fraction of sp³-hybridized carbons (Fsp3) is 0.333. The van der Waals surface area contributed by atoms with Crippen LogP contribution in [0.15, 0.2) is 53.9 Å². The molecule has 0 unspecified atom stereocenters. The number of nitrogens with one attached hydrogen (secondary N) is 1. The van der Waals surface area contributed by atoms with Gasteiger partial charge >= 0.3 is 0 Å². The zero-order chi connectivity index (χ0) is 28.1. The smallest absolute Gasteiger partial charge is 0.237 e. The molecule has 1 aromatic carbocycles. The molecule has 40 heavy (non-hydrogen) atoms. The molecule has 2 aromatic heterocycles. The number of halogens is 2. The zero-order valence-electron chi connectivity index (χ0n) is 22.9. The Bertz CT molecular complexity index is 1480. The number of nitrogens with zero attached hydrogens (tertiary/aromatic N) is 5. The van der Waals surface area contributed by atoms with Gasteiger partial charge in [0.25, 0.3) is 0 Å². The molecule has 3 heterocycles. The lowest BCUT2D eigenvalue weighted by Crippen LogP contribution is -2.20. The third-order valence-corrected chi connectivity index (χ3v) is 7.86. The summed E-state index contributed by atoms with van der Waals surface area (Å²) < 4.78 is 11.1. The number of benzene rings is 1. The van der Waals surface area contributed by atoms with E-state index in [2.05, 4.69) is 20.2 Å². The molecule has 1 aliphatic carbocycles. The van der Waals surface area contributed by atoms with E-state index in [-0.39, 0.29) is 0 Å². The van der Waals surface area contributed by atoms with E-state index in [9.17, 15) is 0 Å². The molecule has 1 saturated heterocycles. The number of hydrogen-bond acceptors (Lipinski definition) is 8. The molecule has 10 heteroatoms. The predicted octanol–water partition coefficient (Wildman–Crippen LogP) is 5.91. The number of hydrogen-bond donors (Lipinski definition) is 1. The molecule has 0 atom stereocenters. The predicted molar refractivity (Wildman–Crippen MR) is 159 cm³/mol. The van der Waals surface area contributed by atoms with E-state index in [4.69, 9.17) is 42.6 Å². The monoisotopic (exact) mass is 578 g/mol. The maximum Gasteiger partial charge on any atom is 0.237 e. The quantitative estimate of drug-likeness (QED) is 0.335. The summed E-state index contributed by atoms with van der Waals surface area (Å²) in [7, 11) is 5.06. The summed E-state index contributed by atoms with van der Waals surface area (Å²) in [5.41, 5.74) is 5.97. The summed E-state index contributed by atoms with van der Waals surface area (Å²) in [5, 5.41) is 4.15. The summed E-state index contributed by atoms with van der Waals surface area (Å²) in [4.78, 5) is 21.1. The molecule has 0 spiro atoms. The van der Waals surface area contributed by atoms with Crippen molar-refractivity contribution in [1.29, 1.82) is 0 Å². The minimum Gasteiger partial charge on any atom is -0.480 e. The van der Waals surface area contributed by atoms with Crippen LogP contribution in [0.25, 0.3) is 22.4 Å². The Morgan fingerprint density at radius 1 is 0.925 bits per heavy atom. The van der Waals surface area contributed by atoms with Crippen molar-refractivity contribution in [2.75, 3.05) is 34.4 Å². The first-order chi connectivity index (χ1) is 19.5. The van der Waals surface area contributed by atoms with Gasteiger partial charge in [0.2, 0.25) is 11.8 Å². The van der Waals surface area contributed by atoms with Gasteiger partial charge in [-0.3, -0.25) is 14.9 Å². The van der Waals surface area contributed by atoms with Gasteiger partial charge in [-0.15, -0.1) is 0 Å². The average Bonchev–Trinajstić information content (AvgIpc) is 3.41. The van der Waals surface area contributed by atoms with Gasteiger partial charge < -0.3 is 14.8 Å². The van der Waals surface area contributed by atoms with Crippen molar-refractivity contribution in [2.45, 2.75) is 32.4 Å². The second-order valence-corrected chi connectivity index (χ2v) is 10.4. The maximum absolute atomic E-state index is 7.11. The highest BCUT2D eigenvalue weighted by Gasteiger charge is 2.22. The highest BCUT2D eigenvalue weighted by atomic mass is 35.5. The van der Waals surface area contributed by atoms with Crippen molar-refractivity contribution in [3.05, 3.63) is 81.5 Å². The van der Waals surface area contributed by atoms with Crippen LogP contribution in [-0.4, -0.2) is 59.2 Å². The molecule has 0 radical (unpaired) electrons. The summed E-state index contributed by atoms with van der Waals surface area (Å²) >= 11 is 14.1. The Morgan fingerprint density at radius 2 is 1.60 bits per heavy atom. The largest absolute Gasteiger partial charge is 0.480 e. The molecule has 0 saturated carbocycles. The number of likely N-dealkylation sites (tertiary alicyclic amines) is 1. The molecule has 0 amide bonds. The van der Waals surface area contributed by atoms with E-state index in [1.807, 2.05) is 43.5 Å². The summed E-state index contributed by atoms with van der Waals surface area (Å²) in [6.07, 6.45) is 12.5. The Labute approximate surface area is 244 Å². The number of rotatable bonds is 9. The average molecular weight is 580 g/mol. The SMILES string of the molecule is CNCc1ncc(-c2cccc(C3=CC=CCC(c4cnc(CN5CCCC5)c(OC)n4)=C3Cl)c2Cl)nc1OC. The first-order valence-corrected chi connectivity index (χ1v) is 14.0. The fourth-order valence-electron chi connectivity index (χ4n) is 4.98. The molecule has 1 fully saturated rings. The van der Waals surface area contributed by atoms with E-state index in [0.29, 0.717) is 46.2 Å². The van der Waals surface area contributed by atoms with Crippen molar-refractivity contribution < 1.29 is 9.47 Å². The summed E-state index contributed by atoms with van der Waals surface area (Å²) in [5.74, 6) is 0.972. The molecule has 3 aromatic rings. The van der Waals surface area contributed by atoms with E-state index >= 15 is 0 Å². The third kappa shape index (κ3) is 5.90. The van der Waals surface area contributed by atoms with Crippen LogP contribution in [0.5, 0.6) is 11.8 Å². The highest BCUT2D eigenvalue weighted by molar-refractivity contribution is 6.42. The summed E-state index contributed by atoms with van der Waals surface area (Å²) in [6, 6.07) is 5.79. The lowest BCUT2D eigenvalue weighted by molar-refractivity contribution is 0.311. The Hall–Kier alpha value is -3.30. The third-order valence-electron chi connectivity index (χ3n) is 7.02. The van der Waals surface area contributed by atoms with Gasteiger partial charge in [0.15, 0.2) is 0 Å². The highest BCUT2D eigenvalue weighted by Crippen LogP contribution is 2.42.